The minimum absolute atomic E-state index is 0.129. The van der Waals surface area contributed by atoms with E-state index in [1.165, 1.54) is 6.08 Å². The molecular formula is C24H22N2O6S. The topological polar surface area (TPSA) is 126 Å². The molecule has 0 fully saturated rings. The first-order valence-electron chi connectivity index (χ1n) is 10.1. The summed E-state index contributed by atoms with van der Waals surface area (Å²) in [7, 11) is 0. The average Bonchev–Trinajstić information content (AvgIpc) is 3.12. The number of ketones is 1. The van der Waals surface area contributed by atoms with E-state index in [0.29, 0.717) is 21.8 Å². The van der Waals surface area contributed by atoms with Gasteiger partial charge in [-0.3, -0.25) is 4.79 Å². The van der Waals surface area contributed by atoms with E-state index in [4.69, 9.17) is 19.5 Å². The molecule has 0 N–H and O–H groups in total. The van der Waals surface area contributed by atoms with Crippen molar-refractivity contribution in [1.29, 1.82) is 10.5 Å². The summed E-state index contributed by atoms with van der Waals surface area (Å²) in [6, 6.07) is 10.4. The highest BCUT2D eigenvalue weighted by molar-refractivity contribution is 7.14. The predicted molar refractivity (Wildman–Crippen MR) is 121 cm³/mol. The van der Waals surface area contributed by atoms with Crippen LogP contribution in [0.3, 0.4) is 0 Å². The highest BCUT2D eigenvalue weighted by Gasteiger charge is 2.28. The van der Waals surface area contributed by atoms with Crippen molar-refractivity contribution in [1.82, 2.24) is 0 Å². The number of allylic oxidation sites excluding steroid dienone is 1. The van der Waals surface area contributed by atoms with Gasteiger partial charge in [0.05, 0.1) is 24.4 Å². The number of ether oxygens (including phenoxy) is 3. The van der Waals surface area contributed by atoms with E-state index in [1.807, 2.05) is 12.1 Å². The molecule has 0 aliphatic heterocycles. The van der Waals surface area contributed by atoms with Gasteiger partial charge in [0.2, 0.25) is 0 Å². The Morgan fingerprint density at radius 3 is 2.42 bits per heavy atom. The van der Waals surface area contributed by atoms with Gasteiger partial charge in [0, 0.05) is 11.3 Å². The molecule has 0 aliphatic rings. The van der Waals surface area contributed by atoms with Crippen molar-refractivity contribution in [2.75, 3.05) is 19.8 Å². The molecule has 1 heterocycles. The van der Waals surface area contributed by atoms with Crippen LogP contribution >= 0.6 is 11.3 Å². The summed E-state index contributed by atoms with van der Waals surface area (Å²) in [6.07, 6.45) is 1.14. The van der Waals surface area contributed by atoms with Crippen molar-refractivity contribution < 1.29 is 28.6 Å². The monoisotopic (exact) mass is 466 g/mol. The molecule has 0 bridgehead atoms. The van der Waals surface area contributed by atoms with Crippen molar-refractivity contribution in [2.24, 2.45) is 0 Å². The van der Waals surface area contributed by atoms with Gasteiger partial charge in [0.1, 0.15) is 22.8 Å². The number of esters is 2. The molecule has 33 heavy (non-hydrogen) atoms. The van der Waals surface area contributed by atoms with Gasteiger partial charge in [-0.25, -0.2) is 9.59 Å². The summed E-state index contributed by atoms with van der Waals surface area (Å²) in [5.41, 5.74) is 0.925. The van der Waals surface area contributed by atoms with Crippen LogP contribution in [-0.4, -0.2) is 37.5 Å². The molecule has 0 aliphatic carbocycles. The number of nitrogens with zero attached hydrogens (tertiary/aromatic N) is 2. The SMILES string of the molecule is CCOC(=O)c1sc(CC(=O)/C(C#N)=C/c2cccc(OCC#N)c2)c(C(=O)OCC)c1C. The van der Waals surface area contributed by atoms with E-state index in [-0.39, 0.29) is 42.3 Å². The van der Waals surface area contributed by atoms with Crippen LogP contribution in [-0.2, 0) is 20.7 Å². The van der Waals surface area contributed by atoms with Crippen LogP contribution in [0.25, 0.3) is 6.08 Å². The molecule has 9 heteroatoms. The van der Waals surface area contributed by atoms with Crippen LogP contribution in [0, 0.1) is 29.6 Å². The first-order valence-corrected chi connectivity index (χ1v) is 10.9. The second-order valence-corrected chi connectivity index (χ2v) is 7.69. The number of hydrogen-bond donors (Lipinski definition) is 0. The summed E-state index contributed by atoms with van der Waals surface area (Å²) in [5, 5.41) is 18.2. The normalized spacial score (nSPS) is 10.6. The van der Waals surface area contributed by atoms with E-state index in [0.717, 1.165) is 11.3 Å². The Labute approximate surface area is 195 Å². The molecule has 0 saturated carbocycles. The minimum Gasteiger partial charge on any atom is -0.479 e. The number of nitriles is 2. The quantitative estimate of drug-likeness (QED) is 0.292. The number of carbonyl (C=O) groups is 3. The van der Waals surface area contributed by atoms with E-state index >= 15 is 0 Å². The Balaban J connectivity index is 2.39. The Hall–Kier alpha value is -3.95. The molecule has 0 radical (unpaired) electrons. The largest absolute Gasteiger partial charge is 0.479 e. The van der Waals surface area contributed by atoms with Crippen molar-refractivity contribution >= 4 is 35.1 Å². The molecule has 2 aromatic rings. The molecule has 0 amide bonds. The summed E-state index contributed by atoms with van der Waals surface area (Å²) in [4.78, 5) is 38.3. The number of hydrogen-bond acceptors (Lipinski definition) is 9. The third kappa shape index (κ3) is 6.52. The maximum absolute atomic E-state index is 12.9. The lowest BCUT2D eigenvalue weighted by Gasteiger charge is -2.05. The average molecular weight is 467 g/mol. The number of benzene rings is 1. The maximum Gasteiger partial charge on any atom is 0.348 e. The number of rotatable bonds is 10. The van der Waals surface area contributed by atoms with Crippen LogP contribution in [0.1, 0.15) is 49.9 Å². The summed E-state index contributed by atoms with van der Waals surface area (Å²) >= 11 is 0.979. The van der Waals surface area contributed by atoms with Gasteiger partial charge in [-0.05, 0) is 50.1 Å². The number of carbonyl (C=O) groups excluding carboxylic acids is 3. The van der Waals surface area contributed by atoms with Crippen molar-refractivity contribution in [3.63, 3.8) is 0 Å². The van der Waals surface area contributed by atoms with Crippen LogP contribution in [0.2, 0.25) is 0 Å². The standard InChI is InChI=1S/C24H22N2O6S/c1-4-30-23(28)21-15(3)22(24(29)31-5-2)33-20(21)13-19(27)17(14-26)11-16-7-6-8-18(12-16)32-10-9-25/h6-8,11-12H,4-5,10,13H2,1-3H3/b17-11+. The molecule has 0 unspecified atom stereocenters. The van der Waals surface area contributed by atoms with Gasteiger partial charge in [-0.15, -0.1) is 11.3 Å². The zero-order valence-electron chi connectivity index (χ0n) is 18.5. The highest BCUT2D eigenvalue weighted by atomic mass is 32.1. The number of thiophene rings is 1. The zero-order chi connectivity index (χ0) is 24.4. The molecule has 0 spiro atoms. The fourth-order valence-corrected chi connectivity index (χ4v) is 4.14. The van der Waals surface area contributed by atoms with Gasteiger partial charge in [-0.1, -0.05) is 12.1 Å². The molecule has 0 atom stereocenters. The van der Waals surface area contributed by atoms with E-state index < -0.39 is 17.7 Å². The van der Waals surface area contributed by atoms with E-state index in [1.54, 1.807) is 45.0 Å². The molecular weight excluding hydrogens is 444 g/mol. The van der Waals surface area contributed by atoms with Crippen LogP contribution in [0.4, 0.5) is 0 Å². The summed E-state index contributed by atoms with van der Waals surface area (Å²) in [5.74, 6) is -1.33. The molecule has 2 rings (SSSR count). The van der Waals surface area contributed by atoms with Gasteiger partial charge in [-0.2, -0.15) is 10.5 Å². The van der Waals surface area contributed by atoms with Crippen molar-refractivity contribution in [2.45, 2.75) is 27.2 Å². The van der Waals surface area contributed by atoms with Crippen LogP contribution in [0.5, 0.6) is 5.75 Å². The predicted octanol–water partition coefficient (Wildman–Crippen LogP) is 4.03. The van der Waals surface area contributed by atoms with Gasteiger partial charge in [0.25, 0.3) is 0 Å². The van der Waals surface area contributed by atoms with Crippen LogP contribution < -0.4 is 4.74 Å². The molecule has 8 nitrogen and oxygen atoms in total. The molecule has 170 valence electrons. The lowest BCUT2D eigenvalue weighted by molar-refractivity contribution is -0.114. The summed E-state index contributed by atoms with van der Waals surface area (Å²) < 4.78 is 15.4. The third-order valence-corrected chi connectivity index (χ3v) is 5.65. The Morgan fingerprint density at radius 2 is 1.79 bits per heavy atom. The second kappa shape index (κ2) is 12.2. The van der Waals surface area contributed by atoms with E-state index in [2.05, 4.69) is 0 Å². The Kier molecular flexibility index (Phi) is 9.34. The van der Waals surface area contributed by atoms with Gasteiger partial charge >= 0.3 is 11.9 Å². The lowest BCUT2D eigenvalue weighted by atomic mass is 10.0. The Morgan fingerprint density at radius 1 is 1.09 bits per heavy atom. The Bertz CT molecular complexity index is 1170. The highest BCUT2D eigenvalue weighted by Crippen LogP contribution is 2.31. The third-order valence-electron chi connectivity index (χ3n) is 4.37. The number of Topliss-reactive ketones (excluding diaryl/α,β-unsaturated/α-hetero) is 1. The van der Waals surface area contributed by atoms with Crippen molar-refractivity contribution in [3.8, 4) is 17.9 Å². The van der Waals surface area contributed by atoms with Gasteiger partial charge < -0.3 is 14.2 Å². The first-order chi connectivity index (χ1) is 15.9. The van der Waals surface area contributed by atoms with Crippen LogP contribution in [0.15, 0.2) is 29.8 Å². The second-order valence-electron chi connectivity index (χ2n) is 6.58. The fourth-order valence-electron chi connectivity index (χ4n) is 2.95. The zero-order valence-corrected chi connectivity index (χ0v) is 19.3. The molecule has 1 aromatic heterocycles. The lowest BCUT2D eigenvalue weighted by Crippen LogP contribution is -2.12. The summed E-state index contributed by atoms with van der Waals surface area (Å²) in [6.45, 7) is 5.08. The maximum atomic E-state index is 12.9. The first kappa shape index (κ1) is 25.3. The molecule has 0 saturated heterocycles. The fraction of sp³-hybridized carbons (Fsp3) is 0.292. The van der Waals surface area contributed by atoms with E-state index in [9.17, 15) is 19.6 Å². The van der Waals surface area contributed by atoms with Gasteiger partial charge in [0.15, 0.2) is 12.4 Å². The van der Waals surface area contributed by atoms with Crippen molar-refractivity contribution in [3.05, 3.63) is 56.3 Å². The minimum atomic E-state index is -0.644. The smallest absolute Gasteiger partial charge is 0.348 e. The molecule has 1 aromatic carbocycles.